The maximum atomic E-state index is 14.9. The molecular weight excluding hydrogens is 502 g/mol. The predicted molar refractivity (Wildman–Crippen MR) is 129 cm³/mol. The first-order chi connectivity index (χ1) is 17.9. The van der Waals surface area contributed by atoms with Crippen LogP contribution in [0.1, 0.15) is 35.6 Å². The number of aryl methyl sites for hydroxylation is 1. The number of benzene rings is 1. The zero-order chi connectivity index (χ0) is 25.4. The molecule has 37 heavy (non-hydrogen) atoms. The topological polar surface area (TPSA) is 107 Å². The van der Waals surface area contributed by atoms with Crippen molar-refractivity contribution >= 4 is 11.6 Å². The van der Waals surface area contributed by atoms with Crippen LogP contribution in [0.2, 0.25) is 5.02 Å². The van der Waals surface area contributed by atoms with Crippen LogP contribution in [0, 0.1) is 24.7 Å². The van der Waals surface area contributed by atoms with Gasteiger partial charge in [0.2, 0.25) is 11.9 Å². The van der Waals surface area contributed by atoms with Crippen molar-refractivity contribution in [3.8, 4) is 28.1 Å². The van der Waals surface area contributed by atoms with Crippen molar-refractivity contribution < 1.29 is 8.78 Å². The van der Waals surface area contributed by atoms with Crippen molar-refractivity contribution in [1.82, 2.24) is 39.7 Å². The van der Waals surface area contributed by atoms with Crippen molar-refractivity contribution in [1.29, 1.82) is 0 Å². The van der Waals surface area contributed by atoms with Crippen LogP contribution in [-0.4, -0.2) is 39.7 Å². The second kappa shape index (κ2) is 7.87. The Bertz CT molecular complexity index is 1760. The van der Waals surface area contributed by atoms with Gasteiger partial charge in [-0.15, -0.1) is 5.10 Å². The highest BCUT2D eigenvalue weighted by molar-refractivity contribution is 6.31. The summed E-state index contributed by atoms with van der Waals surface area (Å²) in [5.41, 5.74) is 2.93. The van der Waals surface area contributed by atoms with Gasteiger partial charge in [-0.2, -0.15) is 13.5 Å². The minimum atomic E-state index is -0.796. The van der Waals surface area contributed by atoms with Crippen molar-refractivity contribution in [3.63, 3.8) is 0 Å². The van der Waals surface area contributed by atoms with Crippen molar-refractivity contribution in [3.05, 3.63) is 93.3 Å². The lowest BCUT2D eigenvalue weighted by Gasteiger charge is -2.17. The van der Waals surface area contributed by atoms with Crippen LogP contribution in [-0.2, 0) is 0 Å². The lowest BCUT2D eigenvalue weighted by molar-refractivity contribution is 0.504. The van der Waals surface area contributed by atoms with Crippen LogP contribution in [0.4, 0.5) is 8.78 Å². The summed E-state index contributed by atoms with van der Waals surface area (Å²) in [4.78, 5) is 24.3. The number of tetrazole rings is 1. The molecule has 0 radical (unpaired) electrons. The maximum Gasteiger partial charge on any atom is 0.252 e. The molecule has 5 heterocycles. The Kier molecular flexibility index (Phi) is 4.68. The average molecular weight is 519 g/mol. The summed E-state index contributed by atoms with van der Waals surface area (Å²) < 4.78 is 32.5. The Hall–Kier alpha value is -4.25. The van der Waals surface area contributed by atoms with Crippen LogP contribution in [0.5, 0.6) is 0 Å². The largest absolute Gasteiger partial charge is 0.317 e. The molecule has 5 aromatic rings. The van der Waals surface area contributed by atoms with Gasteiger partial charge < -0.3 is 9.55 Å². The van der Waals surface area contributed by atoms with E-state index in [-0.39, 0.29) is 34.5 Å². The van der Waals surface area contributed by atoms with Crippen molar-refractivity contribution in [2.75, 3.05) is 0 Å². The molecule has 1 N–H and O–H groups in total. The van der Waals surface area contributed by atoms with Crippen molar-refractivity contribution in [2.24, 2.45) is 5.92 Å². The van der Waals surface area contributed by atoms with E-state index >= 15 is 0 Å². The predicted octanol–water partition coefficient (Wildman–Crippen LogP) is 4.22. The molecule has 0 saturated heterocycles. The van der Waals surface area contributed by atoms with Gasteiger partial charge in [0, 0.05) is 34.0 Å². The van der Waals surface area contributed by atoms with Gasteiger partial charge >= 0.3 is 0 Å². The van der Waals surface area contributed by atoms with E-state index in [1.165, 1.54) is 23.1 Å². The summed E-state index contributed by atoms with van der Waals surface area (Å²) >= 11 is 6.29. The van der Waals surface area contributed by atoms with E-state index in [0.717, 1.165) is 12.1 Å². The lowest BCUT2D eigenvalue weighted by Crippen LogP contribution is -2.26. The number of aromatic nitrogens is 8. The molecule has 12 heteroatoms. The van der Waals surface area contributed by atoms with Gasteiger partial charge in [0.1, 0.15) is 17.8 Å². The third-order valence-electron chi connectivity index (χ3n) is 7.07. The molecule has 184 valence electrons. The molecule has 1 aliphatic carbocycles. The van der Waals surface area contributed by atoms with E-state index in [4.69, 9.17) is 11.6 Å². The molecular formula is C25H17ClF2N8O. The van der Waals surface area contributed by atoms with Gasteiger partial charge in [0.15, 0.2) is 0 Å². The Balaban J connectivity index is 1.33. The number of hydrogen-bond donors (Lipinski definition) is 1. The van der Waals surface area contributed by atoms with Gasteiger partial charge in [-0.1, -0.05) is 11.6 Å². The van der Waals surface area contributed by atoms with Gasteiger partial charge in [-0.3, -0.25) is 4.79 Å². The van der Waals surface area contributed by atoms with Crippen molar-refractivity contribution in [2.45, 2.75) is 25.3 Å². The number of imidazole rings is 1. The fraction of sp³-hybridized carbons (Fsp3) is 0.200. The molecule has 1 aromatic carbocycles. The molecule has 4 aromatic heterocycles. The van der Waals surface area contributed by atoms with Crippen LogP contribution < -0.4 is 5.56 Å². The smallest absolute Gasteiger partial charge is 0.252 e. The molecule has 0 amide bonds. The van der Waals surface area contributed by atoms with Gasteiger partial charge in [0.05, 0.1) is 17.3 Å². The summed E-state index contributed by atoms with van der Waals surface area (Å²) in [6.07, 6.45) is 2.30. The van der Waals surface area contributed by atoms with E-state index in [1.54, 1.807) is 35.8 Å². The average Bonchev–Trinajstić information content (AvgIpc) is 3.17. The molecule has 1 fully saturated rings. The fourth-order valence-corrected chi connectivity index (χ4v) is 5.53. The van der Waals surface area contributed by atoms with E-state index in [2.05, 4.69) is 30.5 Å². The third-order valence-corrected chi connectivity index (χ3v) is 7.30. The second-order valence-electron chi connectivity index (χ2n) is 9.32. The minimum Gasteiger partial charge on any atom is -0.317 e. The number of fused-ring (bicyclic) bond motifs is 3. The first-order valence-corrected chi connectivity index (χ1v) is 12.0. The monoisotopic (exact) mass is 518 g/mol. The molecule has 7 rings (SSSR count). The molecule has 1 aliphatic heterocycles. The standard InChI is InChI=1S/C25H17ClF2N8O/c1-11-2-4-14(23(27)30-11)21-24(28)32-25(31-21)22-17-9-16(17)19-6-12(7-20(37)36(19)22)15-8-13(26)3-5-18(15)35-10-29-33-34-35/h2-8,10,16-17,22H,9H2,1H3,(H,31,32). The van der Waals surface area contributed by atoms with E-state index in [0.29, 0.717) is 27.5 Å². The summed E-state index contributed by atoms with van der Waals surface area (Å²) in [6.45, 7) is 1.65. The summed E-state index contributed by atoms with van der Waals surface area (Å²) in [5, 5.41) is 11.9. The van der Waals surface area contributed by atoms with Gasteiger partial charge in [-0.25, -0.2) is 9.97 Å². The normalized spacial score (nSPS) is 19.6. The number of aromatic amines is 1. The molecule has 0 bridgehead atoms. The maximum absolute atomic E-state index is 14.9. The molecule has 3 unspecified atom stereocenters. The zero-order valence-electron chi connectivity index (χ0n) is 19.2. The highest BCUT2D eigenvalue weighted by Crippen LogP contribution is 2.60. The summed E-state index contributed by atoms with van der Waals surface area (Å²) in [5.74, 6) is -1.07. The Morgan fingerprint density at radius 1 is 1.08 bits per heavy atom. The number of halogens is 3. The van der Waals surface area contributed by atoms with E-state index in [1.807, 2.05) is 6.07 Å². The third kappa shape index (κ3) is 3.41. The number of pyridine rings is 2. The van der Waals surface area contributed by atoms with Crippen LogP contribution in [0.3, 0.4) is 0 Å². The summed E-state index contributed by atoms with van der Waals surface area (Å²) in [7, 11) is 0. The van der Waals surface area contributed by atoms with Crippen LogP contribution in [0.15, 0.2) is 53.6 Å². The second-order valence-corrected chi connectivity index (χ2v) is 9.76. The SMILES string of the molecule is Cc1ccc(-c2nc(C3C4CC4c4cc(-c5cc(Cl)ccc5-n5cnnn5)cc(=O)n43)[nH]c2F)c(F)n1. The first-order valence-electron chi connectivity index (χ1n) is 11.6. The highest BCUT2D eigenvalue weighted by Gasteiger charge is 2.54. The number of nitrogens with one attached hydrogen (secondary N) is 1. The highest BCUT2D eigenvalue weighted by atomic mass is 35.5. The Labute approximate surface area is 212 Å². The number of rotatable bonds is 4. The quantitative estimate of drug-likeness (QED) is 0.357. The van der Waals surface area contributed by atoms with E-state index in [9.17, 15) is 13.6 Å². The minimum absolute atomic E-state index is 0.0325. The Morgan fingerprint density at radius 3 is 2.73 bits per heavy atom. The molecule has 1 saturated carbocycles. The molecule has 2 aliphatic rings. The van der Waals surface area contributed by atoms with Gasteiger partial charge in [0.25, 0.3) is 5.56 Å². The lowest BCUT2D eigenvalue weighted by atomic mass is 10.0. The fourth-order valence-electron chi connectivity index (χ4n) is 5.36. The molecule has 0 spiro atoms. The summed E-state index contributed by atoms with van der Waals surface area (Å²) in [6, 6.07) is 11.3. The van der Waals surface area contributed by atoms with Crippen LogP contribution in [0.25, 0.3) is 28.1 Å². The Morgan fingerprint density at radius 2 is 1.95 bits per heavy atom. The molecule has 9 nitrogen and oxygen atoms in total. The molecule has 3 atom stereocenters. The zero-order valence-corrected chi connectivity index (χ0v) is 20.0. The van der Waals surface area contributed by atoms with E-state index < -0.39 is 17.9 Å². The number of nitrogens with zero attached hydrogens (tertiary/aromatic N) is 7. The number of hydrogen-bond acceptors (Lipinski definition) is 6. The number of H-pyrrole nitrogens is 1. The van der Waals surface area contributed by atoms with Crippen LogP contribution >= 0.6 is 11.6 Å². The van der Waals surface area contributed by atoms with Gasteiger partial charge in [-0.05, 0) is 71.7 Å². The first kappa shape index (κ1) is 22.0.